The highest BCUT2D eigenvalue weighted by molar-refractivity contribution is 5.96. The van der Waals surface area contributed by atoms with Crippen molar-refractivity contribution in [1.82, 2.24) is 24.5 Å². The SMILES string of the molecule is COc1cc(=O)n(C)cc1C(=O)N1CCC(n2ccnn2)CC1. The van der Waals surface area contributed by atoms with Crippen molar-refractivity contribution in [1.29, 1.82) is 0 Å². The average molecular weight is 317 g/mol. The molecule has 2 aromatic heterocycles. The number of aromatic nitrogens is 4. The number of rotatable bonds is 3. The van der Waals surface area contributed by atoms with Crippen LogP contribution in [0.2, 0.25) is 0 Å². The lowest BCUT2D eigenvalue weighted by atomic mass is 10.0. The van der Waals surface area contributed by atoms with Crippen LogP contribution in [0.4, 0.5) is 0 Å². The van der Waals surface area contributed by atoms with E-state index in [4.69, 9.17) is 4.74 Å². The Kier molecular flexibility index (Phi) is 4.14. The van der Waals surface area contributed by atoms with Gasteiger partial charge in [0.1, 0.15) is 5.75 Å². The number of nitrogens with zero attached hydrogens (tertiary/aromatic N) is 5. The number of hydrogen-bond acceptors (Lipinski definition) is 5. The fraction of sp³-hybridized carbons (Fsp3) is 0.467. The van der Waals surface area contributed by atoms with Crippen molar-refractivity contribution in [3.63, 3.8) is 0 Å². The Hall–Kier alpha value is -2.64. The predicted octanol–water partition coefficient (Wildman–Crippen LogP) is 0.463. The zero-order chi connectivity index (χ0) is 16.4. The third-order valence-electron chi connectivity index (χ3n) is 4.21. The van der Waals surface area contributed by atoms with Crippen LogP contribution in [0.25, 0.3) is 0 Å². The van der Waals surface area contributed by atoms with Crippen molar-refractivity contribution in [2.75, 3.05) is 20.2 Å². The Balaban J connectivity index is 1.75. The maximum atomic E-state index is 12.7. The van der Waals surface area contributed by atoms with Crippen molar-refractivity contribution < 1.29 is 9.53 Å². The highest BCUT2D eigenvalue weighted by Crippen LogP contribution is 2.24. The van der Waals surface area contributed by atoms with Crippen molar-refractivity contribution in [3.05, 3.63) is 40.6 Å². The molecule has 8 heteroatoms. The molecule has 0 saturated carbocycles. The van der Waals surface area contributed by atoms with Gasteiger partial charge in [-0.2, -0.15) is 0 Å². The minimum atomic E-state index is -0.205. The van der Waals surface area contributed by atoms with E-state index < -0.39 is 0 Å². The summed E-state index contributed by atoms with van der Waals surface area (Å²) < 4.78 is 8.42. The molecule has 1 aliphatic heterocycles. The van der Waals surface area contributed by atoms with Gasteiger partial charge in [0.25, 0.3) is 11.5 Å². The van der Waals surface area contributed by atoms with Crippen LogP contribution in [-0.2, 0) is 7.05 Å². The first-order valence-electron chi connectivity index (χ1n) is 7.50. The number of hydrogen-bond donors (Lipinski definition) is 0. The number of ether oxygens (including phenoxy) is 1. The smallest absolute Gasteiger partial charge is 0.259 e. The second-order valence-electron chi connectivity index (χ2n) is 5.61. The predicted molar refractivity (Wildman–Crippen MR) is 82.4 cm³/mol. The quantitative estimate of drug-likeness (QED) is 0.821. The minimum absolute atomic E-state index is 0.116. The van der Waals surface area contributed by atoms with Gasteiger partial charge < -0.3 is 14.2 Å². The van der Waals surface area contributed by atoms with Crippen LogP contribution >= 0.6 is 0 Å². The molecule has 0 aromatic carbocycles. The zero-order valence-electron chi connectivity index (χ0n) is 13.2. The van der Waals surface area contributed by atoms with Gasteiger partial charge in [-0.1, -0.05) is 5.21 Å². The largest absolute Gasteiger partial charge is 0.496 e. The Morgan fingerprint density at radius 1 is 1.35 bits per heavy atom. The van der Waals surface area contributed by atoms with Gasteiger partial charge in [0.05, 0.1) is 24.9 Å². The number of piperidine rings is 1. The second-order valence-corrected chi connectivity index (χ2v) is 5.61. The summed E-state index contributed by atoms with van der Waals surface area (Å²) in [4.78, 5) is 26.2. The lowest BCUT2D eigenvalue weighted by molar-refractivity contribution is 0.0685. The minimum Gasteiger partial charge on any atom is -0.496 e. The molecule has 0 spiro atoms. The number of likely N-dealkylation sites (tertiary alicyclic amines) is 1. The summed E-state index contributed by atoms with van der Waals surface area (Å²) in [5.41, 5.74) is 0.206. The normalized spacial score (nSPS) is 15.7. The van der Waals surface area contributed by atoms with Crippen molar-refractivity contribution in [2.24, 2.45) is 7.05 Å². The van der Waals surface area contributed by atoms with Crippen molar-refractivity contribution in [3.8, 4) is 5.75 Å². The first-order valence-corrected chi connectivity index (χ1v) is 7.50. The average Bonchev–Trinajstić information content (AvgIpc) is 3.11. The van der Waals surface area contributed by atoms with Crippen LogP contribution in [-0.4, -0.2) is 50.6 Å². The van der Waals surface area contributed by atoms with Gasteiger partial charge in [-0.3, -0.25) is 9.59 Å². The lowest BCUT2D eigenvalue weighted by Crippen LogP contribution is -2.39. The van der Waals surface area contributed by atoms with Crippen LogP contribution in [0.1, 0.15) is 29.2 Å². The highest BCUT2D eigenvalue weighted by atomic mass is 16.5. The fourth-order valence-corrected chi connectivity index (χ4v) is 2.86. The van der Waals surface area contributed by atoms with Gasteiger partial charge >= 0.3 is 0 Å². The summed E-state index contributed by atoms with van der Waals surface area (Å²) in [6, 6.07) is 1.61. The van der Waals surface area contributed by atoms with Crippen molar-refractivity contribution >= 4 is 5.91 Å². The molecular weight excluding hydrogens is 298 g/mol. The van der Waals surface area contributed by atoms with Gasteiger partial charge in [-0.05, 0) is 12.8 Å². The van der Waals surface area contributed by atoms with Gasteiger partial charge in [-0.15, -0.1) is 5.10 Å². The first kappa shape index (κ1) is 15.3. The standard InChI is InChI=1S/C15H19N5O3/c1-18-10-12(13(23-2)9-14(18)21)15(22)19-6-3-11(4-7-19)20-8-5-16-17-20/h5,8-11H,3-4,6-7H2,1-2H3. The van der Waals surface area contributed by atoms with E-state index in [1.807, 2.05) is 10.9 Å². The number of amides is 1. The summed E-state index contributed by atoms with van der Waals surface area (Å²) in [7, 11) is 3.08. The van der Waals surface area contributed by atoms with Crippen LogP contribution in [0.15, 0.2) is 29.5 Å². The molecular formula is C15H19N5O3. The van der Waals surface area contributed by atoms with E-state index in [1.54, 1.807) is 18.1 Å². The molecule has 0 N–H and O–H groups in total. The van der Waals surface area contributed by atoms with E-state index in [2.05, 4.69) is 10.3 Å². The zero-order valence-corrected chi connectivity index (χ0v) is 13.2. The van der Waals surface area contributed by atoms with Crippen LogP contribution < -0.4 is 10.3 Å². The Bertz CT molecular complexity index is 745. The number of pyridine rings is 1. The molecule has 1 saturated heterocycles. The van der Waals surface area contributed by atoms with E-state index in [1.165, 1.54) is 23.9 Å². The molecule has 0 radical (unpaired) electrons. The van der Waals surface area contributed by atoms with Gasteiger partial charge in [-0.25, -0.2) is 4.68 Å². The molecule has 122 valence electrons. The maximum absolute atomic E-state index is 12.7. The van der Waals surface area contributed by atoms with E-state index in [-0.39, 0.29) is 17.5 Å². The second kappa shape index (κ2) is 6.23. The molecule has 3 heterocycles. The number of aryl methyl sites for hydroxylation is 1. The molecule has 1 fully saturated rings. The molecule has 0 atom stereocenters. The van der Waals surface area contributed by atoms with Crippen LogP contribution in [0.3, 0.4) is 0 Å². The summed E-state index contributed by atoms with van der Waals surface area (Å²) in [5, 5.41) is 7.85. The maximum Gasteiger partial charge on any atom is 0.259 e. The molecule has 0 unspecified atom stereocenters. The molecule has 2 aromatic rings. The van der Waals surface area contributed by atoms with Crippen LogP contribution in [0.5, 0.6) is 5.75 Å². The first-order chi connectivity index (χ1) is 11.1. The summed E-state index contributed by atoms with van der Waals surface area (Å²) in [5.74, 6) is 0.200. The van der Waals surface area contributed by atoms with E-state index in [0.29, 0.717) is 24.4 Å². The Labute approximate surface area is 133 Å². The van der Waals surface area contributed by atoms with Gasteiger partial charge in [0.2, 0.25) is 0 Å². The lowest BCUT2D eigenvalue weighted by Gasteiger charge is -2.32. The summed E-state index contributed by atoms with van der Waals surface area (Å²) in [6.45, 7) is 1.27. The van der Waals surface area contributed by atoms with Gasteiger partial charge in [0.15, 0.2) is 0 Å². The topological polar surface area (TPSA) is 82.2 Å². The molecule has 0 bridgehead atoms. The van der Waals surface area contributed by atoms with E-state index >= 15 is 0 Å². The Morgan fingerprint density at radius 2 is 2.09 bits per heavy atom. The summed E-state index contributed by atoms with van der Waals surface area (Å²) >= 11 is 0. The summed E-state index contributed by atoms with van der Waals surface area (Å²) in [6.07, 6.45) is 6.68. The monoisotopic (exact) mass is 317 g/mol. The molecule has 3 rings (SSSR count). The van der Waals surface area contributed by atoms with Gasteiger partial charge in [0, 0.05) is 38.6 Å². The van der Waals surface area contributed by atoms with E-state index in [0.717, 1.165) is 12.8 Å². The third kappa shape index (κ3) is 2.96. The highest BCUT2D eigenvalue weighted by Gasteiger charge is 2.27. The molecule has 1 aliphatic rings. The molecule has 23 heavy (non-hydrogen) atoms. The van der Waals surface area contributed by atoms with Crippen LogP contribution in [0, 0.1) is 0 Å². The molecule has 0 aliphatic carbocycles. The van der Waals surface area contributed by atoms with Crippen molar-refractivity contribution in [2.45, 2.75) is 18.9 Å². The van der Waals surface area contributed by atoms with E-state index in [9.17, 15) is 9.59 Å². The fourth-order valence-electron chi connectivity index (χ4n) is 2.86. The molecule has 8 nitrogen and oxygen atoms in total. The third-order valence-corrected chi connectivity index (χ3v) is 4.21. The number of carbonyl (C=O) groups excluding carboxylic acids is 1. The number of methoxy groups -OCH3 is 1. The number of carbonyl (C=O) groups is 1. The Morgan fingerprint density at radius 3 is 2.70 bits per heavy atom. The molecule has 1 amide bonds.